The van der Waals surface area contributed by atoms with E-state index in [1.165, 1.54) is 6.07 Å². The molecule has 2 unspecified atom stereocenters. The van der Waals surface area contributed by atoms with Crippen molar-refractivity contribution in [2.24, 2.45) is 0 Å². The number of nitrogens with zero attached hydrogens (tertiary/aromatic N) is 4. The van der Waals surface area contributed by atoms with Crippen molar-refractivity contribution in [2.45, 2.75) is 31.5 Å². The van der Waals surface area contributed by atoms with Crippen molar-refractivity contribution in [1.82, 2.24) is 19.6 Å². The zero-order chi connectivity index (χ0) is 22.2. The first-order chi connectivity index (χ1) is 15.6. The van der Waals surface area contributed by atoms with Crippen LogP contribution in [-0.4, -0.2) is 70.3 Å². The van der Waals surface area contributed by atoms with Crippen LogP contribution in [0.5, 0.6) is 0 Å². The lowest BCUT2D eigenvalue weighted by molar-refractivity contribution is -0.00798. The molecule has 3 saturated heterocycles. The molecule has 5 heterocycles. The van der Waals surface area contributed by atoms with Gasteiger partial charge in [0, 0.05) is 44.5 Å². The third-order valence-corrected chi connectivity index (χ3v) is 6.34. The Kier molecular flexibility index (Phi) is 5.26. The van der Waals surface area contributed by atoms with E-state index in [0.717, 1.165) is 12.8 Å². The van der Waals surface area contributed by atoms with Crippen LogP contribution in [0, 0.1) is 0 Å². The lowest BCUT2D eigenvalue weighted by Gasteiger charge is -2.51. The zero-order valence-corrected chi connectivity index (χ0v) is 17.8. The predicted molar refractivity (Wildman–Crippen MR) is 115 cm³/mol. The molecular formula is C23H24N4O5. The van der Waals surface area contributed by atoms with Crippen molar-refractivity contribution in [1.29, 1.82) is 0 Å². The van der Waals surface area contributed by atoms with Gasteiger partial charge >= 0.3 is 0 Å². The molecule has 3 aliphatic rings. The van der Waals surface area contributed by atoms with Crippen molar-refractivity contribution in [3.05, 3.63) is 64.3 Å². The number of methoxy groups -OCH3 is 1. The number of hydrogen-bond acceptors (Lipinski definition) is 6. The molecule has 0 aliphatic carbocycles. The van der Waals surface area contributed by atoms with Gasteiger partial charge in [-0.25, -0.2) is 0 Å². The minimum atomic E-state index is -0.306. The van der Waals surface area contributed by atoms with Gasteiger partial charge in [0.25, 0.3) is 11.8 Å². The first-order valence-corrected chi connectivity index (χ1v) is 10.7. The Labute approximate surface area is 184 Å². The van der Waals surface area contributed by atoms with E-state index in [1.807, 2.05) is 4.90 Å². The molecule has 3 aliphatic heterocycles. The topological polar surface area (TPSA) is 97.9 Å². The summed E-state index contributed by atoms with van der Waals surface area (Å²) < 4.78 is 12.5. The molecule has 2 atom stereocenters. The van der Waals surface area contributed by atoms with Gasteiger partial charge in [0.15, 0.2) is 11.2 Å². The number of carbonyl (C=O) groups excluding carboxylic acids is 2. The van der Waals surface area contributed by atoms with Crippen molar-refractivity contribution in [3.63, 3.8) is 0 Å². The number of aromatic nitrogens is 2. The highest BCUT2D eigenvalue weighted by Gasteiger charge is 2.44. The van der Waals surface area contributed by atoms with E-state index in [2.05, 4.69) is 5.10 Å². The average molecular weight is 436 g/mol. The van der Waals surface area contributed by atoms with Gasteiger partial charge in [-0.05, 0) is 31.0 Å². The highest BCUT2D eigenvalue weighted by atomic mass is 16.5. The van der Waals surface area contributed by atoms with Crippen LogP contribution < -0.4 is 5.43 Å². The molecule has 9 nitrogen and oxygen atoms in total. The molecule has 3 fully saturated rings. The maximum atomic E-state index is 13.2. The fourth-order valence-electron chi connectivity index (χ4n) is 4.69. The van der Waals surface area contributed by atoms with E-state index < -0.39 is 0 Å². The smallest absolute Gasteiger partial charge is 0.290 e. The van der Waals surface area contributed by atoms with Gasteiger partial charge in [0.1, 0.15) is 11.3 Å². The molecule has 166 valence electrons. The number of carbonyl (C=O) groups is 2. The third-order valence-electron chi connectivity index (χ3n) is 6.34. The van der Waals surface area contributed by atoms with Crippen LogP contribution >= 0.6 is 0 Å². The maximum absolute atomic E-state index is 13.2. The van der Waals surface area contributed by atoms with Crippen molar-refractivity contribution in [2.75, 3.05) is 26.8 Å². The molecule has 0 radical (unpaired) electrons. The summed E-state index contributed by atoms with van der Waals surface area (Å²) >= 11 is 0. The second-order valence-electron chi connectivity index (χ2n) is 8.20. The molecule has 2 bridgehead atoms. The van der Waals surface area contributed by atoms with E-state index in [4.69, 9.17) is 9.15 Å². The summed E-state index contributed by atoms with van der Waals surface area (Å²) in [5, 5.41) is 4.68. The summed E-state index contributed by atoms with van der Waals surface area (Å²) in [6, 6.07) is 9.66. The molecule has 0 spiro atoms. The largest absolute Gasteiger partial charge is 0.451 e. The number of ether oxygens (including phenoxy) is 1. The highest BCUT2D eigenvalue weighted by molar-refractivity contribution is 5.95. The second kappa shape index (κ2) is 8.23. The summed E-state index contributed by atoms with van der Waals surface area (Å²) in [6.07, 6.45) is 3.25. The number of amides is 2. The number of benzene rings is 1. The standard InChI is InChI=1S/C23H24N4O5/c1-31-11-10-27-18(8-9-24-27)22(29)25-13-16-7-6-15(25)14-26(16)23(30)21-12-19(28)17-4-2-3-5-20(17)32-21/h2-5,8-9,12,15-16H,6-7,10-11,13-14H2,1H3. The first kappa shape index (κ1) is 20.4. The zero-order valence-electron chi connectivity index (χ0n) is 17.8. The summed E-state index contributed by atoms with van der Waals surface area (Å²) in [6.45, 7) is 1.83. The predicted octanol–water partition coefficient (Wildman–Crippen LogP) is 1.77. The van der Waals surface area contributed by atoms with Gasteiger partial charge < -0.3 is 19.0 Å². The Morgan fingerprint density at radius 2 is 1.81 bits per heavy atom. The van der Waals surface area contributed by atoms with Crippen LogP contribution in [-0.2, 0) is 11.3 Å². The summed E-state index contributed by atoms with van der Waals surface area (Å²) in [7, 11) is 1.61. The van der Waals surface area contributed by atoms with Crippen LogP contribution in [0.25, 0.3) is 11.0 Å². The van der Waals surface area contributed by atoms with Crippen LogP contribution in [0.1, 0.15) is 33.9 Å². The monoisotopic (exact) mass is 436 g/mol. The summed E-state index contributed by atoms with van der Waals surface area (Å²) in [5.41, 5.74) is 0.679. The Morgan fingerprint density at radius 3 is 2.53 bits per heavy atom. The van der Waals surface area contributed by atoms with Crippen molar-refractivity contribution in [3.8, 4) is 0 Å². The van der Waals surface area contributed by atoms with Crippen LogP contribution in [0.4, 0.5) is 0 Å². The maximum Gasteiger partial charge on any atom is 0.290 e. The van der Waals surface area contributed by atoms with E-state index in [1.54, 1.807) is 53.2 Å². The fourth-order valence-corrected chi connectivity index (χ4v) is 4.69. The molecule has 32 heavy (non-hydrogen) atoms. The van der Waals surface area contributed by atoms with Gasteiger partial charge in [-0.3, -0.25) is 19.1 Å². The molecule has 9 heteroatoms. The normalized spacial score (nSPS) is 20.2. The van der Waals surface area contributed by atoms with Gasteiger partial charge in [-0.2, -0.15) is 5.10 Å². The molecule has 0 N–H and O–H groups in total. The number of para-hydroxylation sites is 1. The SMILES string of the molecule is COCCn1nccc1C(=O)N1CC2CCC1CN2C(=O)c1cc(=O)c2ccccc2o1. The Bertz CT molecular complexity index is 1230. The lowest BCUT2D eigenvalue weighted by atomic mass is 9.90. The highest BCUT2D eigenvalue weighted by Crippen LogP contribution is 2.31. The molecule has 2 aromatic heterocycles. The quantitative estimate of drug-likeness (QED) is 0.605. The Hall–Kier alpha value is -3.46. The van der Waals surface area contributed by atoms with Crippen LogP contribution in [0.15, 0.2) is 51.8 Å². The van der Waals surface area contributed by atoms with Crippen molar-refractivity contribution < 1.29 is 18.7 Å². The molecule has 2 amide bonds. The molecule has 1 aromatic carbocycles. The average Bonchev–Trinajstić information content (AvgIpc) is 3.30. The van der Waals surface area contributed by atoms with Gasteiger partial charge in [-0.1, -0.05) is 12.1 Å². The van der Waals surface area contributed by atoms with Crippen LogP contribution in [0.2, 0.25) is 0 Å². The molecule has 6 rings (SSSR count). The van der Waals surface area contributed by atoms with E-state index >= 15 is 0 Å². The second-order valence-corrected chi connectivity index (χ2v) is 8.20. The van der Waals surface area contributed by atoms with Gasteiger partial charge in [0.2, 0.25) is 0 Å². The summed E-state index contributed by atoms with van der Waals surface area (Å²) in [5.74, 6) is -0.353. The minimum absolute atomic E-state index is 0.0387. The van der Waals surface area contributed by atoms with E-state index in [0.29, 0.717) is 42.9 Å². The number of piperazine rings is 1. The van der Waals surface area contributed by atoms with Gasteiger partial charge in [0.05, 0.1) is 18.5 Å². The third kappa shape index (κ3) is 3.48. The van der Waals surface area contributed by atoms with Crippen LogP contribution in [0.3, 0.4) is 0 Å². The molecule has 0 saturated carbocycles. The van der Waals surface area contributed by atoms with E-state index in [-0.39, 0.29) is 35.1 Å². The number of piperidine rings is 2. The fraction of sp³-hybridized carbons (Fsp3) is 0.391. The summed E-state index contributed by atoms with van der Waals surface area (Å²) in [4.78, 5) is 42.5. The molecule has 3 aromatic rings. The van der Waals surface area contributed by atoms with Gasteiger partial charge in [-0.15, -0.1) is 0 Å². The minimum Gasteiger partial charge on any atom is -0.451 e. The Morgan fingerprint density at radius 1 is 1.09 bits per heavy atom. The lowest BCUT2D eigenvalue weighted by Crippen LogP contribution is -2.65. The Balaban J connectivity index is 1.35. The number of fused-ring (bicyclic) bond motifs is 4. The number of rotatable bonds is 5. The van der Waals surface area contributed by atoms with Crippen molar-refractivity contribution >= 4 is 22.8 Å². The van der Waals surface area contributed by atoms with E-state index in [9.17, 15) is 14.4 Å². The number of hydrogen-bond donors (Lipinski definition) is 0. The molecular weight excluding hydrogens is 412 g/mol. The first-order valence-electron chi connectivity index (χ1n) is 10.7.